The molecule has 0 radical (unpaired) electrons. The average molecular weight is 472 g/mol. The van der Waals surface area contributed by atoms with Crippen LogP contribution in [-0.2, 0) is 19.2 Å². The van der Waals surface area contributed by atoms with Crippen molar-refractivity contribution < 1.29 is 24.3 Å². The van der Waals surface area contributed by atoms with E-state index >= 15 is 0 Å². The molecule has 0 spiro atoms. The van der Waals surface area contributed by atoms with E-state index in [1.54, 1.807) is 6.92 Å². The quantitative estimate of drug-likeness (QED) is 0.0892. The fourth-order valence-electron chi connectivity index (χ4n) is 2.97. The van der Waals surface area contributed by atoms with Crippen molar-refractivity contribution in [2.75, 3.05) is 6.54 Å². The molecule has 0 rings (SSSR count). The Labute approximate surface area is 195 Å². The Balaban J connectivity index is 5.02. The zero-order chi connectivity index (χ0) is 25.7. The van der Waals surface area contributed by atoms with Gasteiger partial charge in [-0.3, -0.25) is 19.4 Å². The number of rotatable bonds is 15. The highest BCUT2D eigenvalue weighted by Crippen LogP contribution is 2.11. The molecule has 12 nitrogen and oxygen atoms in total. The number of aliphatic carboxylic acids is 1. The molecular formula is C21H41N7O5. The summed E-state index contributed by atoms with van der Waals surface area (Å²) in [4.78, 5) is 53.0. The Hall–Kier alpha value is -2.89. The summed E-state index contributed by atoms with van der Waals surface area (Å²) in [5.41, 5.74) is 16.3. The van der Waals surface area contributed by atoms with E-state index in [2.05, 4.69) is 20.9 Å². The standard InChI is InChI=1S/C21H41N7O5/c1-6-12(4)16(20(32)33)28-19(31)15(10-11(2)3)27-17(29)13(5)26-18(30)14(22)8-7-9-25-21(23)24/h11-16H,6-10,22H2,1-5H3,(H,26,30)(H,27,29)(H,28,31)(H,32,33)(H4,23,24,25). The predicted molar refractivity (Wildman–Crippen MR) is 126 cm³/mol. The van der Waals surface area contributed by atoms with Crippen molar-refractivity contribution in [1.82, 2.24) is 16.0 Å². The molecule has 0 saturated carbocycles. The molecule has 0 aromatic carbocycles. The van der Waals surface area contributed by atoms with Crippen LogP contribution in [0.1, 0.15) is 60.3 Å². The molecule has 10 N–H and O–H groups in total. The lowest BCUT2D eigenvalue weighted by molar-refractivity contribution is -0.144. The highest BCUT2D eigenvalue weighted by Gasteiger charge is 2.31. The van der Waals surface area contributed by atoms with Crippen molar-refractivity contribution in [3.8, 4) is 0 Å². The van der Waals surface area contributed by atoms with Crippen molar-refractivity contribution in [3.63, 3.8) is 0 Å². The van der Waals surface area contributed by atoms with Gasteiger partial charge >= 0.3 is 5.97 Å². The van der Waals surface area contributed by atoms with E-state index in [0.717, 1.165) is 0 Å². The van der Waals surface area contributed by atoms with Crippen molar-refractivity contribution in [2.45, 2.75) is 84.5 Å². The van der Waals surface area contributed by atoms with E-state index in [1.807, 2.05) is 20.8 Å². The van der Waals surface area contributed by atoms with Crippen LogP contribution in [0.5, 0.6) is 0 Å². The van der Waals surface area contributed by atoms with Gasteiger partial charge in [-0.25, -0.2) is 4.79 Å². The van der Waals surface area contributed by atoms with E-state index in [9.17, 15) is 24.3 Å². The van der Waals surface area contributed by atoms with Crippen LogP contribution < -0.4 is 33.2 Å². The van der Waals surface area contributed by atoms with E-state index in [4.69, 9.17) is 17.2 Å². The topological polar surface area (TPSA) is 215 Å². The normalized spacial score (nSPS) is 15.5. The van der Waals surface area contributed by atoms with E-state index < -0.39 is 47.9 Å². The predicted octanol–water partition coefficient (Wildman–Crippen LogP) is -0.982. The third kappa shape index (κ3) is 12.1. The Kier molecular flexibility index (Phi) is 13.7. The first-order chi connectivity index (χ1) is 15.3. The van der Waals surface area contributed by atoms with Gasteiger partial charge in [0, 0.05) is 6.54 Å². The molecular weight excluding hydrogens is 430 g/mol. The number of hydrogen-bond acceptors (Lipinski definition) is 6. The van der Waals surface area contributed by atoms with Gasteiger partial charge in [-0.15, -0.1) is 0 Å². The highest BCUT2D eigenvalue weighted by atomic mass is 16.4. The van der Waals surface area contributed by atoms with Gasteiger partial charge in [0.1, 0.15) is 18.1 Å². The molecule has 5 atom stereocenters. The number of carboxylic acids is 1. The summed E-state index contributed by atoms with van der Waals surface area (Å²) in [5.74, 6) is -3.09. The van der Waals surface area contributed by atoms with Gasteiger partial charge in [0.05, 0.1) is 6.04 Å². The Morgan fingerprint density at radius 2 is 1.55 bits per heavy atom. The number of amides is 3. The maximum Gasteiger partial charge on any atom is 0.326 e. The first-order valence-corrected chi connectivity index (χ1v) is 11.2. The van der Waals surface area contributed by atoms with Crippen LogP contribution in [0, 0.1) is 11.8 Å². The summed E-state index contributed by atoms with van der Waals surface area (Å²) in [6.07, 6.45) is 1.68. The van der Waals surface area contributed by atoms with Crippen LogP contribution in [0.25, 0.3) is 0 Å². The minimum Gasteiger partial charge on any atom is -0.480 e. The van der Waals surface area contributed by atoms with Gasteiger partial charge < -0.3 is 38.3 Å². The molecule has 3 amide bonds. The average Bonchev–Trinajstić information content (AvgIpc) is 2.72. The number of nitrogens with two attached hydrogens (primary N) is 3. The van der Waals surface area contributed by atoms with Crippen molar-refractivity contribution in [3.05, 3.63) is 0 Å². The molecule has 5 unspecified atom stereocenters. The monoisotopic (exact) mass is 471 g/mol. The summed E-state index contributed by atoms with van der Waals surface area (Å²) in [5, 5.41) is 17.1. The molecule has 0 saturated heterocycles. The minimum atomic E-state index is -1.14. The van der Waals surface area contributed by atoms with Gasteiger partial charge in [0.2, 0.25) is 17.7 Å². The van der Waals surface area contributed by atoms with Gasteiger partial charge in [-0.1, -0.05) is 34.1 Å². The van der Waals surface area contributed by atoms with Gasteiger partial charge in [-0.05, 0) is 38.0 Å². The number of carboxylic acid groups (broad SMARTS) is 1. The van der Waals surface area contributed by atoms with Gasteiger partial charge in [-0.2, -0.15) is 0 Å². The third-order valence-corrected chi connectivity index (χ3v) is 5.17. The van der Waals surface area contributed by atoms with Crippen LogP contribution in [-0.4, -0.2) is 65.5 Å². The fourth-order valence-corrected chi connectivity index (χ4v) is 2.97. The number of carbonyl (C=O) groups excluding carboxylic acids is 3. The first kappa shape index (κ1) is 30.1. The molecule has 0 aliphatic heterocycles. The lowest BCUT2D eigenvalue weighted by Gasteiger charge is -2.26. The zero-order valence-corrected chi connectivity index (χ0v) is 20.3. The number of hydrogen-bond donors (Lipinski definition) is 7. The molecule has 0 fully saturated rings. The van der Waals surface area contributed by atoms with Crippen molar-refractivity contribution in [1.29, 1.82) is 0 Å². The summed E-state index contributed by atoms with van der Waals surface area (Å²) >= 11 is 0. The number of aliphatic imine (C=N–C) groups is 1. The molecule has 33 heavy (non-hydrogen) atoms. The van der Waals surface area contributed by atoms with E-state index in [0.29, 0.717) is 32.2 Å². The SMILES string of the molecule is CCC(C)C(NC(=O)C(CC(C)C)NC(=O)C(C)NC(=O)C(N)CCCN=C(N)N)C(=O)O. The largest absolute Gasteiger partial charge is 0.480 e. The second kappa shape index (κ2) is 15.0. The summed E-state index contributed by atoms with van der Waals surface area (Å²) in [7, 11) is 0. The number of nitrogens with one attached hydrogen (secondary N) is 3. The highest BCUT2D eigenvalue weighted by molar-refractivity contribution is 5.93. The lowest BCUT2D eigenvalue weighted by atomic mass is 9.97. The first-order valence-electron chi connectivity index (χ1n) is 11.2. The molecule has 0 bridgehead atoms. The molecule has 0 aliphatic rings. The van der Waals surface area contributed by atoms with Crippen LogP contribution in [0.2, 0.25) is 0 Å². The Morgan fingerprint density at radius 1 is 0.939 bits per heavy atom. The van der Waals surface area contributed by atoms with E-state index in [1.165, 1.54) is 6.92 Å². The smallest absolute Gasteiger partial charge is 0.326 e. The maximum atomic E-state index is 12.8. The second-order valence-electron chi connectivity index (χ2n) is 8.69. The van der Waals surface area contributed by atoms with Crippen LogP contribution in [0.4, 0.5) is 0 Å². The van der Waals surface area contributed by atoms with Gasteiger partial charge in [0.15, 0.2) is 5.96 Å². The summed E-state index contributed by atoms with van der Waals surface area (Å²) in [6.45, 7) is 9.12. The molecule has 0 aliphatic carbocycles. The number of nitrogens with zero attached hydrogens (tertiary/aromatic N) is 1. The zero-order valence-electron chi connectivity index (χ0n) is 20.3. The van der Waals surface area contributed by atoms with Crippen LogP contribution >= 0.6 is 0 Å². The minimum absolute atomic E-state index is 0.0443. The molecule has 0 aromatic heterocycles. The van der Waals surface area contributed by atoms with Crippen LogP contribution in [0.15, 0.2) is 4.99 Å². The van der Waals surface area contributed by atoms with Gasteiger partial charge in [0.25, 0.3) is 0 Å². The van der Waals surface area contributed by atoms with Crippen LogP contribution in [0.3, 0.4) is 0 Å². The summed E-state index contributed by atoms with van der Waals surface area (Å²) in [6, 6.07) is -3.82. The lowest BCUT2D eigenvalue weighted by Crippen LogP contribution is -2.57. The maximum absolute atomic E-state index is 12.8. The second-order valence-corrected chi connectivity index (χ2v) is 8.69. The number of guanidine groups is 1. The molecule has 0 heterocycles. The molecule has 0 aromatic rings. The summed E-state index contributed by atoms with van der Waals surface area (Å²) < 4.78 is 0. The van der Waals surface area contributed by atoms with Crippen molar-refractivity contribution >= 4 is 29.7 Å². The number of carbonyl (C=O) groups is 4. The molecule has 12 heteroatoms. The fraction of sp³-hybridized carbons (Fsp3) is 0.762. The Bertz CT molecular complexity index is 694. The van der Waals surface area contributed by atoms with E-state index in [-0.39, 0.29) is 17.8 Å². The molecule has 190 valence electrons. The van der Waals surface area contributed by atoms with Crippen molar-refractivity contribution in [2.24, 2.45) is 34.0 Å². The third-order valence-electron chi connectivity index (χ3n) is 5.17. The Morgan fingerprint density at radius 3 is 2.03 bits per heavy atom.